The van der Waals surface area contributed by atoms with E-state index < -0.39 is 0 Å². The topological polar surface area (TPSA) is 32.3 Å². The van der Waals surface area contributed by atoms with E-state index in [0.717, 1.165) is 34.0 Å². The monoisotopic (exact) mass is 374 g/mol. The molecule has 1 heterocycles. The van der Waals surface area contributed by atoms with Crippen molar-refractivity contribution in [2.75, 3.05) is 4.90 Å². The van der Waals surface area contributed by atoms with Crippen molar-refractivity contribution in [2.24, 2.45) is 0 Å². The van der Waals surface area contributed by atoms with E-state index in [4.69, 9.17) is 0 Å². The Balaban J connectivity index is 1.51. The number of carbonyl (C=O) groups is 1. The third-order valence-electron chi connectivity index (χ3n) is 4.71. The van der Waals surface area contributed by atoms with Gasteiger partial charge in [-0.25, -0.2) is 4.79 Å². The molecule has 0 saturated heterocycles. The first-order chi connectivity index (χ1) is 13.2. The van der Waals surface area contributed by atoms with E-state index >= 15 is 0 Å². The van der Waals surface area contributed by atoms with Crippen LogP contribution >= 0.6 is 11.8 Å². The summed E-state index contributed by atoms with van der Waals surface area (Å²) in [5.74, 6) is 0. The number of urea groups is 1. The number of carbonyl (C=O) groups excluding carboxylic acids is 1. The van der Waals surface area contributed by atoms with Crippen molar-refractivity contribution in [3.05, 3.63) is 84.4 Å². The van der Waals surface area contributed by atoms with E-state index in [9.17, 15) is 4.79 Å². The molecule has 0 aliphatic carbocycles. The molecule has 1 N–H and O–H groups in total. The van der Waals surface area contributed by atoms with Gasteiger partial charge in [-0.05, 0) is 49.6 Å². The van der Waals surface area contributed by atoms with Gasteiger partial charge in [0.05, 0.1) is 11.4 Å². The number of nitrogens with one attached hydrogen (secondary N) is 1. The predicted octanol–water partition coefficient (Wildman–Crippen LogP) is 6.02. The van der Waals surface area contributed by atoms with Gasteiger partial charge in [-0.3, -0.25) is 4.90 Å². The normalized spacial score (nSPS) is 13.4. The zero-order chi connectivity index (χ0) is 18.6. The van der Waals surface area contributed by atoms with Crippen LogP contribution in [0.3, 0.4) is 0 Å². The van der Waals surface area contributed by atoms with E-state index in [2.05, 4.69) is 48.6 Å². The number of benzene rings is 3. The van der Waals surface area contributed by atoms with Crippen LogP contribution in [0.5, 0.6) is 0 Å². The van der Waals surface area contributed by atoms with Crippen LogP contribution in [0.15, 0.2) is 88.7 Å². The van der Waals surface area contributed by atoms with E-state index in [0.29, 0.717) is 0 Å². The number of nitrogens with zero attached hydrogens (tertiary/aromatic N) is 1. The van der Waals surface area contributed by atoms with Gasteiger partial charge in [0.2, 0.25) is 0 Å². The van der Waals surface area contributed by atoms with Crippen molar-refractivity contribution in [2.45, 2.75) is 35.6 Å². The Bertz CT molecular complexity index is 896. The largest absolute Gasteiger partial charge is 0.335 e. The number of hydrogen-bond donors (Lipinski definition) is 1. The van der Waals surface area contributed by atoms with Crippen LogP contribution in [-0.2, 0) is 6.42 Å². The van der Waals surface area contributed by atoms with Gasteiger partial charge in [0.15, 0.2) is 0 Å². The Labute approximate surface area is 164 Å². The highest BCUT2D eigenvalue weighted by Crippen LogP contribution is 2.47. The minimum atomic E-state index is -0.0734. The highest BCUT2D eigenvalue weighted by molar-refractivity contribution is 7.99. The zero-order valence-corrected chi connectivity index (χ0v) is 16.1. The fourth-order valence-corrected chi connectivity index (χ4v) is 4.36. The van der Waals surface area contributed by atoms with Crippen molar-refractivity contribution in [3.63, 3.8) is 0 Å². The highest BCUT2D eigenvalue weighted by atomic mass is 32.2. The third-order valence-corrected chi connectivity index (χ3v) is 5.84. The van der Waals surface area contributed by atoms with Crippen LogP contribution in [0.4, 0.5) is 16.2 Å². The van der Waals surface area contributed by atoms with Gasteiger partial charge in [0.1, 0.15) is 0 Å². The van der Waals surface area contributed by atoms with Crippen molar-refractivity contribution >= 4 is 29.2 Å². The van der Waals surface area contributed by atoms with Gasteiger partial charge >= 0.3 is 6.03 Å². The fraction of sp³-hybridized carbons (Fsp3) is 0.174. The molecule has 136 valence electrons. The Morgan fingerprint density at radius 1 is 0.889 bits per heavy atom. The summed E-state index contributed by atoms with van der Waals surface area (Å²) in [6.45, 7) is 2.07. The van der Waals surface area contributed by atoms with E-state index in [1.54, 1.807) is 16.7 Å². The number of amides is 2. The minimum Gasteiger partial charge on any atom is -0.335 e. The first-order valence-electron chi connectivity index (χ1n) is 9.23. The first kappa shape index (κ1) is 17.7. The van der Waals surface area contributed by atoms with Gasteiger partial charge in [0, 0.05) is 15.8 Å². The summed E-state index contributed by atoms with van der Waals surface area (Å²) in [6, 6.07) is 26.5. The average molecular weight is 375 g/mol. The maximum atomic E-state index is 13.2. The summed E-state index contributed by atoms with van der Waals surface area (Å²) < 4.78 is 0. The van der Waals surface area contributed by atoms with Crippen LogP contribution in [0.25, 0.3) is 0 Å². The smallest absolute Gasteiger partial charge is 0.326 e. The average Bonchev–Trinajstić information content (AvgIpc) is 2.71. The van der Waals surface area contributed by atoms with Crippen LogP contribution in [-0.4, -0.2) is 12.1 Å². The lowest BCUT2D eigenvalue weighted by Crippen LogP contribution is -2.42. The summed E-state index contributed by atoms with van der Waals surface area (Å²) in [7, 11) is 0. The van der Waals surface area contributed by atoms with Gasteiger partial charge in [-0.15, -0.1) is 0 Å². The number of fused-ring (bicyclic) bond motifs is 2. The van der Waals surface area contributed by atoms with Gasteiger partial charge in [-0.1, -0.05) is 66.4 Å². The molecule has 0 unspecified atom stereocenters. The molecule has 0 fully saturated rings. The Morgan fingerprint density at radius 2 is 1.44 bits per heavy atom. The number of hydrogen-bond acceptors (Lipinski definition) is 2. The predicted molar refractivity (Wildman–Crippen MR) is 112 cm³/mol. The second kappa shape index (κ2) is 7.89. The van der Waals surface area contributed by atoms with Crippen LogP contribution in [0, 0.1) is 0 Å². The molecule has 0 bridgehead atoms. The molecule has 3 aromatic carbocycles. The zero-order valence-electron chi connectivity index (χ0n) is 15.3. The molecule has 0 saturated carbocycles. The lowest BCUT2D eigenvalue weighted by molar-refractivity contribution is 0.245. The summed E-state index contributed by atoms with van der Waals surface area (Å²) in [5.41, 5.74) is 3.17. The molecule has 0 spiro atoms. The summed E-state index contributed by atoms with van der Waals surface area (Å²) >= 11 is 1.71. The Hall–Kier alpha value is -2.72. The lowest BCUT2D eigenvalue weighted by atomic mass is 10.1. The Morgan fingerprint density at radius 3 is 2.07 bits per heavy atom. The molecule has 4 heteroatoms. The molecule has 4 rings (SSSR count). The molecular formula is C23H22N2OS. The molecule has 1 aliphatic rings. The maximum Gasteiger partial charge on any atom is 0.326 e. The highest BCUT2D eigenvalue weighted by Gasteiger charge is 2.28. The maximum absolute atomic E-state index is 13.2. The molecule has 1 aliphatic heterocycles. The summed E-state index contributed by atoms with van der Waals surface area (Å²) in [5, 5.41) is 3.18. The van der Waals surface area contributed by atoms with Crippen molar-refractivity contribution in [3.8, 4) is 0 Å². The molecule has 3 nitrogen and oxygen atoms in total. The molecule has 0 radical (unpaired) electrons. The standard InChI is InChI=1S/C23H22N2OS/c1-17(15-16-18-9-3-2-4-10-18)24-23(26)25-19-11-5-7-13-21(19)27-22-14-8-6-12-20(22)25/h2-14,17H,15-16H2,1H3,(H,24,26)/t17-/m0/s1. The molecular weight excluding hydrogens is 352 g/mol. The van der Waals surface area contributed by atoms with Gasteiger partial charge in [0.25, 0.3) is 0 Å². The number of aryl methyl sites for hydroxylation is 1. The minimum absolute atomic E-state index is 0.0734. The molecule has 0 aromatic heterocycles. The van der Waals surface area contributed by atoms with Crippen LogP contribution in [0.2, 0.25) is 0 Å². The van der Waals surface area contributed by atoms with Crippen molar-refractivity contribution in [1.29, 1.82) is 0 Å². The SMILES string of the molecule is C[C@@H](CCc1ccccc1)NC(=O)N1c2ccccc2Sc2ccccc21. The van der Waals surface area contributed by atoms with Crippen LogP contribution in [0.1, 0.15) is 18.9 Å². The molecule has 3 aromatic rings. The quantitative estimate of drug-likeness (QED) is 0.605. The molecule has 2 amide bonds. The lowest BCUT2D eigenvalue weighted by Gasteiger charge is -2.32. The van der Waals surface area contributed by atoms with Gasteiger partial charge in [-0.2, -0.15) is 0 Å². The van der Waals surface area contributed by atoms with E-state index in [1.807, 2.05) is 42.5 Å². The second-order valence-electron chi connectivity index (χ2n) is 6.75. The number of rotatable bonds is 4. The van der Waals surface area contributed by atoms with Crippen molar-refractivity contribution < 1.29 is 4.79 Å². The van der Waals surface area contributed by atoms with E-state index in [-0.39, 0.29) is 12.1 Å². The number of para-hydroxylation sites is 2. The molecule has 27 heavy (non-hydrogen) atoms. The van der Waals surface area contributed by atoms with Gasteiger partial charge < -0.3 is 5.32 Å². The molecule has 1 atom stereocenters. The second-order valence-corrected chi connectivity index (χ2v) is 7.83. The number of anilines is 2. The van der Waals surface area contributed by atoms with E-state index in [1.165, 1.54) is 5.56 Å². The third kappa shape index (κ3) is 3.86. The van der Waals surface area contributed by atoms with Crippen LogP contribution < -0.4 is 10.2 Å². The van der Waals surface area contributed by atoms with Crippen molar-refractivity contribution in [1.82, 2.24) is 5.32 Å². The summed E-state index contributed by atoms with van der Waals surface area (Å²) in [4.78, 5) is 17.2. The summed E-state index contributed by atoms with van der Waals surface area (Å²) in [6.07, 6.45) is 1.85. The first-order valence-corrected chi connectivity index (χ1v) is 10.0. The fourth-order valence-electron chi connectivity index (χ4n) is 3.30. The Kier molecular flexibility index (Phi) is 5.16.